The first-order valence-electron chi connectivity index (χ1n) is 12.8. The van der Waals surface area contributed by atoms with Gasteiger partial charge in [-0.1, -0.05) is 31.2 Å². The van der Waals surface area contributed by atoms with Crippen LogP contribution in [0.15, 0.2) is 48.5 Å². The number of hydrogen-bond acceptors (Lipinski definition) is 10. The van der Waals surface area contributed by atoms with E-state index in [9.17, 15) is 19.2 Å². The Bertz CT molecular complexity index is 995. The highest BCUT2D eigenvalue weighted by atomic mass is 32.1. The van der Waals surface area contributed by atoms with Crippen LogP contribution < -0.4 is 20.1 Å². The summed E-state index contributed by atoms with van der Waals surface area (Å²) in [5.41, 5.74) is 1.53. The summed E-state index contributed by atoms with van der Waals surface area (Å²) in [4.78, 5) is 47.6. The quantitative estimate of drug-likeness (QED) is 0.154. The summed E-state index contributed by atoms with van der Waals surface area (Å²) < 4.78 is 21.4. The van der Waals surface area contributed by atoms with Crippen LogP contribution in [0.1, 0.15) is 30.9 Å². The SMILES string of the molecule is CC(CC(=O)OCc1ccc(OCC(=O)NCCS)cc1)CC(=O)OCc1ccc(OCC(=O)NCCS)cc1. The molecule has 0 aromatic heterocycles. The van der Waals surface area contributed by atoms with Gasteiger partial charge in [-0.2, -0.15) is 25.3 Å². The summed E-state index contributed by atoms with van der Waals surface area (Å²) in [5, 5.41) is 5.32. The monoisotopic (exact) mass is 592 g/mol. The van der Waals surface area contributed by atoms with Crippen LogP contribution in [-0.2, 0) is 41.9 Å². The summed E-state index contributed by atoms with van der Waals surface area (Å²) in [6.45, 7) is 2.70. The van der Waals surface area contributed by atoms with Crippen LogP contribution in [0, 0.1) is 5.92 Å². The summed E-state index contributed by atoms with van der Waals surface area (Å²) in [5.74, 6) is 0.602. The molecular formula is C28H36N2O8S2. The zero-order chi connectivity index (χ0) is 29.2. The smallest absolute Gasteiger partial charge is 0.306 e. The third-order valence-electron chi connectivity index (χ3n) is 5.28. The normalized spacial score (nSPS) is 10.5. The Labute approximate surface area is 245 Å². The first-order valence-corrected chi connectivity index (χ1v) is 14.1. The first kappa shape index (κ1) is 32.8. The Morgan fingerprint density at radius 2 is 1.05 bits per heavy atom. The van der Waals surface area contributed by atoms with E-state index in [4.69, 9.17) is 18.9 Å². The Kier molecular flexibility index (Phi) is 15.5. The second-order valence-electron chi connectivity index (χ2n) is 8.85. The van der Waals surface area contributed by atoms with E-state index in [0.717, 1.165) is 11.1 Å². The van der Waals surface area contributed by atoms with Crippen molar-refractivity contribution in [3.05, 3.63) is 59.7 Å². The third-order valence-corrected chi connectivity index (χ3v) is 5.73. The van der Waals surface area contributed by atoms with Crippen molar-refractivity contribution in [2.75, 3.05) is 37.8 Å². The zero-order valence-electron chi connectivity index (χ0n) is 22.4. The number of hydrogen-bond donors (Lipinski definition) is 4. The molecule has 0 aliphatic carbocycles. The molecule has 0 aliphatic rings. The summed E-state index contributed by atoms with van der Waals surface area (Å²) in [6.07, 6.45) is 0.149. The molecule has 0 saturated heterocycles. The lowest BCUT2D eigenvalue weighted by atomic mass is 10.0. The second kappa shape index (κ2) is 18.8. The molecule has 0 aliphatic heterocycles. The van der Waals surface area contributed by atoms with Gasteiger partial charge in [0, 0.05) is 37.4 Å². The van der Waals surface area contributed by atoms with Crippen molar-refractivity contribution in [3.8, 4) is 11.5 Å². The number of esters is 2. The van der Waals surface area contributed by atoms with E-state index in [0.29, 0.717) is 36.1 Å². The number of ether oxygens (including phenoxy) is 4. The Morgan fingerprint density at radius 1 is 0.675 bits per heavy atom. The van der Waals surface area contributed by atoms with Crippen molar-refractivity contribution in [1.29, 1.82) is 0 Å². The fourth-order valence-corrected chi connectivity index (χ4v) is 3.46. The van der Waals surface area contributed by atoms with Gasteiger partial charge < -0.3 is 29.6 Å². The maximum absolute atomic E-state index is 12.2. The molecule has 0 fully saturated rings. The minimum atomic E-state index is -0.420. The third kappa shape index (κ3) is 14.1. The van der Waals surface area contributed by atoms with Crippen molar-refractivity contribution >= 4 is 49.0 Å². The molecule has 2 aromatic carbocycles. The minimum Gasteiger partial charge on any atom is -0.484 e. The lowest BCUT2D eigenvalue weighted by Gasteiger charge is -2.12. The van der Waals surface area contributed by atoms with Crippen molar-refractivity contribution < 1.29 is 38.1 Å². The lowest BCUT2D eigenvalue weighted by molar-refractivity contribution is -0.148. The average Bonchev–Trinajstić information content (AvgIpc) is 2.95. The molecule has 2 aromatic rings. The van der Waals surface area contributed by atoms with Crippen LogP contribution in [-0.4, -0.2) is 61.6 Å². The number of amides is 2. The van der Waals surface area contributed by atoms with Crippen LogP contribution >= 0.6 is 25.3 Å². The van der Waals surface area contributed by atoms with Crippen LogP contribution in [0.5, 0.6) is 11.5 Å². The molecule has 0 saturated carbocycles. The van der Waals surface area contributed by atoms with E-state index >= 15 is 0 Å². The molecule has 10 nitrogen and oxygen atoms in total. The first-order chi connectivity index (χ1) is 19.3. The van der Waals surface area contributed by atoms with Crippen molar-refractivity contribution in [2.45, 2.75) is 33.0 Å². The summed E-state index contributed by atoms with van der Waals surface area (Å²) in [6, 6.07) is 13.8. The number of thiol groups is 2. The summed E-state index contributed by atoms with van der Waals surface area (Å²) >= 11 is 8.05. The highest BCUT2D eigenvalue weighted by Crippen LogP contribution is 2.16. The maximum atomic E-state index is 12.2. The fourth-order valence-electron chi connectivity index (χ4n) is 3.24. The predicted octanol–water partition coefficient (Wildman–Crippen LogP) is 2.74. The Morgan fingerprint density at radius 3 is 1.40 bits per heavy atom. The number of rotatable bonds is 18. The number of carbonyl (C=O) groups excluding carboxylic acids is 4. The maximum Gasteiger partial charge on any atom is 0.306 e. The summed E-state index contributed by atoms with van der Waals surface area (Å²) in [7, 11) is 0. The molecular weight excluding hydrogens is 556 g/mol. The van der Waals surface area contributed by atoms with E-state index < -0.39 is 11.9 Å². The van der Waals surface area contributed by atoms with Crippen molar-refractivity contribution in [1.82, 2.24) is 10.6 Å². The van der Waals surface area contributed by atoms with E-state index in [-0.39, 0.29) is 57.0 Å². The van der Waals surface area contributed by atoms with Gasteiger partial charge in [-0.25, -0.2) is 0 Å². The van der Waals surface area contributed by atoms with Crippen LogP contribution in [0.25, 0.3) is 0 Å². The highest BCUT2D eigenvalue weighted by molar-refractivity contribution is 7.80. The number of carbonyl (C=O) groups is 4. The predicted molar refractivity (Wildman–Crippen MR) is 156 cm³/mol. The van der Waals surface area contributed by atoms with Gasteiger partial charge in [0.25, 0.3) is 11.8 Å². The molecule has 0 bridgehead atoms. The standard InChI is InChI=1S/C28H36N2O8S2/c1-20(14-27(33)37-16-21-2-6-23(7-3-21)35-18-25(31)29-10-12-39)15-28(34)38-17-22-4-8-24(9-5-22)36-19-26(32)30-11-13-40/h2-9,20,39-40H,10-19H2,1H3,(H,29,31)(H,30,32). The average molecular weight is 593 g/mol. The van der Waals surface area contributed by atoms with E-state index in [1.54, 1.807) is 55.5 Å². The van der Waals surface area contributed by atoms with Gasteiger partial charge in [0.05, 0.1) is 0 Å². The molecule has 40 heavy (non-hydrogen) atoms. The lowest BCUT2D eigenvalue weighted by Crippen LogP contribution is -2.30. The van der Waals surface area contributed by atoms with Crippen LogP contribution in [0.2, 0.25) is 0 Å². The molecule has 0 atom stereocenters. The largest absolute Gasteiger partial charge is 0.484 e. The number of benzene rings is 2. The van der Waals surface area contributed by atoms with Crippen LogP contribution in [0.4, 0.5) is 0 Å². The fraction of sp³-hybridized carbons (Fsp3) is 0.429. The Hall–Kier alpha value is -3.38. The van der Waals surface area contributed by atoms with Gasteiger partial charge >= 0.3 is 11.9 Å². The number of nitrogens with one attached hydrogen (secondary N) is 2. The van der Waals surface area contributed by atoms with Gasteiger partial charge in [0.1, 0.15) is 24.7 Å². The minimum absolute atomic E-state index is 0.0747. The van der Waals surface area contributed by atoms with Gasteiger partial charge in [0.2, 0.25) is 0 Å². The Balaban J connectivity index is 1.63. The van der Waals surface area contributed by atoms with Crippen molar-refractivity contribution in [3.63, 3.8) is 0 Å². The molecule has 0 radical (unpaired) electrons. The highest BCUT2D eigenvalue weighted by Gasteiger charge is 2.16. The molecule has 0 spiro atoms. The molecule has 2 amide bonds. The molecule has 0 heterocycles. The van der Waals surface area contributed by atoms with E-state index in [2.05, 4.69) is 35.9 Å². The van der Waals surface area contributed by atoms with Gasteiger partial charge in [-0.05, 0) is 41.3 Å². The van der Waals surface area contributed by atoms with Crippen LogP contribution in [0.3, 0.4) is 0 Å². The molecule has 2 rings (SSSR count). The van der Waals surface area contributed by atoms with Gasteiger partial charge in [-0.15, -0.1) is 0 Å². The second-order valence-corrected chi connectivity index (χ2v) is 9.74. The topological polar surface area (TPSA) is 129 Å². The van der Waals surface area contributed by atoms with E-state index in [1.165, 1.54) is 0 Å². The molecule has 0 unspecified atom stereocenters. The molecule has 2 N–H and O–H groups in total. The van der Waals surface area contributed by atoms with Gasteiger partial charge in [0.15, 0.2) is 13.2 Å². The molecule has 218 valence electrons. The van der Waals surface area contributed by atoms with E-state index in [1.807, 2.05) is 0 Å². The van der Waals surface area contributed by atoms with Crippen molar-refractivity contribution in [2.24, 2.45) is 5.92 Å². The molecule has 12 heteroatoms. The zero-order valence-corrected chi connectivity index (χ0v) is 24.2. The van der Waals surface area contributed by atoms with Gasteiger partial charge in [-0.3, -0.25) is 19.2 Å².